The van der Waals surface area contributed by atoms with Gasteiger partial charge in [0, 0.05) is 31.5 Å². The maximum atomic E-state index is 12.5. The summed E-state index contributed by atoms with van der Waals surface area (Å²) in [4.78, 5) is 30.4. The second-order valence-electron chi connectivity index (χ2n) is 6.55. The van der Waals surface area contributed by atoms with E-state index in [9.17, 15) is 9.59 Å². The second-order valence-corrected chi connectivity index (χ2v) is 6.55. The summed E-state index contributed by atoms with van der Waals surface area (Å²) in [5, 5.41) is 5.56. The Labute approximate surface area is 144 Å². The van der Waals surface area contributed by atoms with Crippen LogP contribution in [0.2, 0.25) is 0 Å². The number of nitrogens with one attached hydrogen (secondary N) is 2. The summed E-state index contributed by atoms with van der Waals surface area (Å²) in [5.41, 5.74) is 2.28. The third-order valence-electron chi connectivity index (χ3n) is 4.62. The Morgan fingerprint density at radius 3 is 2.92 bits per heavy atom. The molecule has 6 nitrogen and oxygen atoms in total. The minimum Gasteiger partial charge on any atom is -0.338 e. The molecular weight excluding hydrogens is 304 g/mol. The summed E-state index contributed by atoms with van der Waals surface area (Å²) in [5.74, 6) is 0.00216. The Balaban J connectivity index is 1.75. The van der Waals surface area contributed by atoms with Crippen LogP contribution in [-0.2, 0) is 11.2 Å². The van der Waals surface area contributed by atoms with Crippen molar-refractivity contribution in [3.63, 3.8) is 0 Å². The molecular formula is C18H28N4O2. The van der Waals surface area contributed by atoms with Crippen molar-refractivity contribution < 1.29 is 9.59 Å². The molecule has 0 radical (unpaired) electrons. The van der Waals surface area contributed by atoms with Crippen molar-refractivity contribution >= 4 is 11.9 Å². The largest absolute Gasteiger partial charge is 0.338 e. The third-order valence-corrected chi connectivity index (χ3v) is 4.62. The molecule has 0 saturated carbocycles. The number of aromatic nitrogens is 1. The number of carbonyl (C=O) groups is 2. The molecule has 0 bridgehead atoms. The maximum Gasteiger partial charge on any atom is 0.315 e. The molecule has 0 spiro atoms. The number of nitrogens with zero attached hydrogens (tertiary/aromatic N) is 2. The smallest absolute Gasteiger partial charge is 0.315 e. The van der Waals surface area contributed by atoms with Gasteiger partial charge >= 0.3 is 6.03 Å². The van der Waals surface area contributed by atoms with Crippen molar-refractivity contribution in [1.82, 2.24) is 20.5 Å². The van der Waals surface area contributed by atoms with Crippen LogP contribution in [-0.4, -0.2) is 47.0 Å². The van der Waals surface area contributed by atoms with Gasteiger partial charge in [-0.3, -0.25) is 9.78 Å². The highest BCUT2D eigenvalue weighted by atomic mass is 16.2. The van der Waals surface area contributed by atoms with Crippen LogP contribution in [0.5, 0.6) is 0 Å². The molecule has 0 aliphatic carbocycles. The summed E-state index contributed by atoms with van der Waals surface area (Å²) < 4.78 is 0. The molecule has 2 rings (SSSR count). The topological polar surface area (TPSA) is 74.3 Å². The van der Waals surface area contributed by atoms with Gasteiger partial charge < -0.3 is 15.5 Å². The molecule has 2 N–H and O–H groups in total. The van der Waals surface area contributed by atoms with E-state index in [0.717, 1.165) is 36.9 Å². The van der Waals surface area contributed by atoms with E-state index in [0.29, 0.717) is 6.54 Å². The summed E-state index contributed by atoms with van der Waals surface area (Å²) >= 11 is 0. The van der Waals surface area contributed by atoms with Crippen molar-refractivity contribution in [2.45, 2.75) is 58.5 Å². The zero-order valence-corrected chi connectivity index (χ0v) is 14.8. The van der Waals surface area contributed by atoms with Crippen molar-refractivity contribution in [3.8, 4) is 0 Å². The van der Waals surface area contributed by atoms with Gasteiger partial charge in [0.1, 0.15) is 6.04 Å². The summed E-state index contributed by atoms with van der Waals surface area (Å²) in [6, 6.07) is 1.41. The molecule has 2 heterocycles. The van der Waals surface area contributed by atoms with Crippen molar-refractivity contribution in [1.29, 1.82) is 0 Å². The van der Waals surface area contributed by atoms with E-state index in [-0.39, 0.29) is 18.0 Å². The molecule has 2 atom stereocenters. The summed E-state index contributed by atoms with van der Waals surface area (Å²) in [7, 11) is 0. The molecule has 1 fully saturated rings. The van der Waals surface area contributed by atoms with E-state index in [2.05, 4.69) is 22.5 Å². The van der Waals surface area contributed by atoms with Gasteiger partial charge in [0.25, 0.3) is 0 Å². The molecule has 6 heteroatoms. The predicted octanol–water partition coefficient (Wildman–Crippen LogP) is 2.02. The minimum absolute atomic E-state index is 0.00216. The molecule has 1 aliphatic rings. The predicted molar refractivity (Wildman–Crippen MR) is 93.7 cm³/mol. The molecule has 1 aromatic rings. The number of carbonyl (C=O) groups excluding carboxylic acids is 2. The lowest BCUT2D eigenvalue weighted by molar-refractivity contribution is -0.136. The van der Waals surface area contributed by atoms with Gasteiger partial charge in [-0.25, -0.2) is 4.79 Å². The van der Waals surface area contributed by atoms with Gasteiger partial charge in [0.05, 0.1) is 0 Å². The molecule has 3 amide bonds. The number of likely N-dealkylation sites (tertiary alicyclic amines) is 1. The first kappa shape index (κ1) is 18.2. The van der Waals surface area contributed by atoms with Gasteiger partial charge in [-0.05, 0) is 63.6 Å². The van der Waals surface area contributed by atoms with E-state index < -0.39 is 6.04 Å². The first-order valence-electron chi connectivity index (χ1n) is 8.73. The van der Waals surface area contributed by atoms with Crippen LogP contribution in [0.1, 0.15) is 44.2 Å². The van der Waals surface area contributed by atoms with E-state index in [1.54, 1.807) is 13.1 Å². The zero-order valence-electron chi connectivity index (χ0n) is 14.8. The van der Waals surface area contributed by atoms with Crippen LogP contribution >= 0.6 is 0 Å². The van der Waals surface area contributed by atoms with E-state index in [1.165, 1.54) is 6.42 Å². The van der Waals surface area contributed by atoms with Crippen molar-refractivity contribution in [2.75, 3.05) is 13.1 Å². The highest BCUT2D eigenvalue weighted by molar-refractivity contribution is 5.87. The fourth-order valence-electron chi connectivity index (χ4n) is 3.08. The average molecular weight is 332 g/mol. The third kappa shape index (κ3) is 4.94. The lowest BCUT2D eigenvalue weighted by Gasteiger charge is -2.35. The average Bonchev–Trinajstić information content (AvgIpc) is 2.56. The number of hydrogen-bond donors (Lipinski definition) is 2. The standard InChI is InChI=1S/C18H28N4O2/c1-13-12-19-9-7-16(13)8-10-20-18(24)21-15(3)17(23)22-11-5-4-6-14(22)2/h7,9,12,14-15H,4-6,8,10-11H2,1-3H3,(H2,20,21,24)/t14-,15+/m1/s1. The lowest BCUT2D eigenvalue weighted by atomic mass is 10.0. The van der Waals surface area contributed by atoms with Gasteiger partial charge in [-0.15, -0.1) is 0 Å². The fraction of sp³-hybridized carbons (Fsp3) is 0.611. The number of pyridine rings is 1. The Bertz CT molecular complexity index is 576. The number of aryl methyl sites for hydroxylation is 1. The van der Waals surface area contributed by atoms with Crippen LogP contribution in [0.15, 0.2) is 18.5 Å². The van der Waals surface area contributed by atoms with Crippen LogP contribution in [0.3, 0.4) is 0 Å². The molecule has 1 aliphatic heterocycles. The molecule has 0 aromatic carbocycles. The molecule has 0 unspecified atom stereocenters. The molecule has 24 heavy (non-hydrogen) atoms. The Morgan fingerprint density at radius 1 is 1.42 bits per heavy atom. The number of piperidine rings is 1. The van der Waals surface area contributed by atoms with E-state index in [4.69, 9.17) is 0 Å². The minimum atomic E-state index is -0.506. The normalized spacial score (nSPS) is 18.8. The van der Waals surface area contributed by atoms with Crippen LogP contribution in [0.25, 0.3) is 0 Å². The van der Waals surface area contributed by atoms with Crippen LogP contribution in [0, 0.1) is 6.92 Å². The van der Waals surface area contributed by atoms with Gasteiger partial charge in [-0.2, -0.15) is 0 Å². The number of rotatable bonds is 5. The highest BCUT2D eigenvalue weighted by Gasteiger charge is 2.27. The van der Waals surface area contributed by atoms with Crippen molar-refractivity contribution in [2.24, 2.45) is 0 Å². The van der Waals surface area contributed by atoms with E-state index >= 15 is 0 Å². The number of hydrogen-bond acceptors (Lipinski definition) is 3. The Hall–Kier alpha value is -2.11. The SMILES string of the molecule is Cc1cnccc1CCNC(=O)N[C@@H](C)C(=O)N1CCCC[C@H]1C. The van der Waals surface area contributed by atoms with Crippen molar-refractivity contribution in [3.05, 3.63) is 29.6 Å². The Morgan fingerprint density at radius 2 is 2.21 bits per heavy atom. The number of urea groups is 1. The Kier molecular flexibility index (Phi) is 6.58. The highest BCUT2D eigenvalue weighted by Crippen LogP contribution is 2.17. The number of amides is 3. The second kappa shape index (κ2) is 8.66. The van der Waals surface area contributed by atoms with Crippen LogP contribution < -0.4 is 10.6 Å². The molecule has 1 aromatic heterocycles. The molecule has 132 valence electrons. The molecule has 1 saturated heterocycles. The summed E-state index contributed by atoms with van der Waals surface area (Å²) in [6.07, 6.45) is 7.56. The monoisotopic (exact) mass is 332 g/mol. The first-order chi connectivity index (χ1) is 11.5. The maximum absolute atomic E-state index is 12.5. The van der Waals surface area contributed by atoms with Gasteiger partial charge in [-0.1, -0.05) is 0 Å². The van der Waals surface area contributed by atoms with Crippen LogP contribution in [0.4, 0.5) is 4.79 Å². The first-order valence-corrected chi connectivity index (χ1v) is 8.73. The quantitative estimate of drug-likeness (QED) is 0.866. The van der Waals surface area contributed by atoms with Gasteiger partial charge in [0.2, 0.25) is 5.91 Å². The van der Waals surface area contributed by atoms with E-state index in [1.807, 2.05) is 24.1 Å². The summed E-state index contributed by atoms with van der Waals surface area (Å²) in [6.45, 7) is 7.13. The lowest BCUT2D eigenvalue weighted by Crippen LogP contribution is -2.53. The zero-order chi connectivity index (χ0) is 17.5. The van der Waals surface area contributed by atoms with Gasteiger partial charge in [0.15, 0.2) is 0 Å². The fourth-order valence-corrected chi connectivity index (χ4v) is 3.08.